The van der Waals surface area contributed by atoms with Crippen molar-refractivity contribution in [2.75, 3.05) is 0 Å². The molecule has 5 nitrogen and oxygen atoms in total. The smallest absolute Gasteiger partial charge is 0.274 e. The Kier molecular flexibility index (Phi) is 1.45. The molecule has 0 radical (unpaired) electrons. The van der Waals surface area contributed by atoms with E-state index in [1.54, 1.807) is 4.40 Å². The average Bonchev–Trinajstić information content (AvgIpc) is 2.64. The fraction of sp³-hybridized carbons (Fsp3) is 0.100. The number of nitrogens with zero attached hydrogens (tertiary/aromatic N) is 3. The van der Waals surface area contributed by atoms with E-state index in [0.717, 1.165) is 16.9 Å². The minimum absolute atomic E-state index is 0.267. The summed E-state index contributed by atoms with van der Waals surface area (Å²) in [6.45, 7) is 1.83. The highest BCUT2D eigenvalue weighted by Crippen LogP contribution is 2.14. The first-order chi connectivity index (χ1) is 7.27. The third-order valence-electron chi connectivity index (χ3n) is 2.41. The van der Waals surface area contributed by atoms with Gasteiger partial charge in [0, 0.05) is 0 Å². The number of hydrogen-bond acceptors (Lipinski definition) is 3. The molecule has 0 fully saturated rings. The van der Waals surface area contributed by atoms with Gasteiger partial charge in [-0.15, -0.1) is 0 Å². The van der Waals surface area contributed by atoms with E-state index in [4.69, 9.17) is 0 Å². The molecule has 0 aliphatic heterocycles. The van der Waals surface area contributed by atoms with Crippen molar-refractivity contribution in [1.82, 2.24) is 19.6 Å². The second-order valence-electron chi connectivity index (χ2n) is 3.36. The van der Waals surface area contributed by atoms with Crippen LogP contribution in [0, 0.1) is 6.92 Å². The van der Waals surface area contributed by atoms with Gasteiger partial charge in [0.25, 0.3) is 0 Å². The van der Waals surface area contributed by atoms with Gasteiger partial charge in [0.15, 0.2) is 0 Å². The molecule has 0 amide bonds. The van der Waals surface area contributed by atoms with Crippen LogP contribution in [0.3, 0.4) is 0 Å². The van der Waals surface area contributed by atoms with Gasteiger partial charge in [-0.2, -0.15) is 5.10 Å². The van der Waals surface area contributed by atoms with Crippen molar-refractivity contribution in [3.8, 4) is 0 Å². The van der Waals surface area contributed by atoms with Gasteiger partial charge in [0.2, 0.25) is 5.65 Å². The Balaban J connectivity index is 2.72. The van der Waals surface area contributed by atoms with E-state index in [2.05, 4.69) is 15.2 Å². The summed E-state index contributed by atoms with van der Waals surface area (Å²) < 4.78 is 1.76. The predicted molar refractivity (Wildman–Crippen MR) is 55.9 cm³/mol. The molecule has 0 saturated heterocycles. The van der Waals surface area contributed by atoms with Crippen LogP contribution in [-0.4, -0.2) is 19.6 Å². The molecule has 74 valence electrons. The van der Waals surface area contributed by atoms with Crippen molar-refractivity contribution in [2.45, 2.75) is 6.92 Å². The monoisotopic (exact) mass is 200 g/mol. The number of aromatic nitrogens is 4. The number of benzene rings is 1. The zero-order valence-electron chi connectivity index (χ0n) is 8.06. The Bertz CT molecular complexity index is 710. The summed E-state index contributed by atoms with van der Waals surface area (Å²) in [7, 11) is 0. The van der Waals surface area contributed by atoms with Crippen LogP contribution >= 0.6 is 0 Å². The minimum Gasteiger partial charge on any atom is -0.274 e. The van der Waals surface area contributed by atoms with E-state index < -0.39 is 0 Å². The van der Waals surface area contributed by atoms with E-state index in [-0.39, 0.29) is 5.56 Å². The molecule has 5 heteroatoms. The lowest BCUT2D eigenvalue weighted by Crippen LogP contribution is -2.14. The Morgan fingerprint density at radius 3 is 3.00 bits per heavy atom. The molecular weight excluding hydrogens is 192 g/mol. The van der Waals surface area contributed by atoms with Gasteiger partial charge in [-0.3, -0.25) is 9.20 Å². The first kappa shape index (κ1) is 8.16. The molecule has 0 spiro atoms. The minimum atomic E-state index is -0.267. The molecule has 1 N–H and O–H groups in total. The van der Waals surface area contributed by atoms with Crippen molar-refractivity contribution < 1.29 is 0 Å². The van der Waals surface area contributed by atoms with Crippen LogP contribution in [0.15, 0.2) is 29.1 Å². The van der Waals surface area contributed by atoms with Crippen molar-refractivity contribution >= 4 is 16.7 Å². The van der Waals surface area contributed by atoms with E-state index >= 15 is 0 Å². The maximum atomic E-state index is 11.5. The number of fused-ring (bicyclic) bond motifs is 3. The molecule has 0 aliphatic carbocycles. The van der Waals surface area contributed by atoms with Crippen molar-refractivity contribution in [1.29, 1.82) is 0 Å². The van der Waals surface area contributed by atoms with Crippen LogP contribution in [0.2, 0.25) is 0 Å². The van der Waals surface area contributed by atoms with Gasteiger partial charge in [0.05, 0.1) is 11.0 Å². The summed E-state index contributed by atoms with van der Waals surface area (Å²) in [4.78, 5) is 15.8. The Morgan fingerprint density at radius 1 is 1.33 bits per heavy atom. The molecule has 3 rings (SSSR count). The van der Waals surface area contributed by atoms with E-state index in [1.807, 2.05) is 31.2 Å². The molecule has 0 unspecified atom stereocenters. The van der Waals surface area contributed by atoms with Gasteiger partial charge in [-0.1, -0.05) is 12.1 Å². The SMILES string of the molecule is Cc1n[nH]c(=O)c2nc3ccccc3n12. The second kappa shape index (κ2) is 2.66. The van der Waals surface area contributed by atoms with Gasteiger partial charge in [-0.25, -0.2) is 10.1 Å². The average molecular weight is 200 g/mol. The van der Waals surface area contributed by atoms with Crippen molar-refractivity contribution in [2.24, 2.45) is 0 Å². The number of aryl methyl sites for hydroxylation is 1. The second-order valence-corrected chi connectivity index (χ2v) is 3.36. The first-order valence-corrected chi connectivity index (χ1v) is 4.60. The highest BCUT2D eigenvalue weighted by molar-refractivity contribution is 5.80. The zero-order valence-corrected chi connectivity index (χ0v) is 8.06. The van der Waals surface area contributed by atoms with Crippen molar-refractivity contribution in [3.05, 3.63) is 40.4 Å². The Labute approximate surface area is 84.4 Å². The quantitative estimate of drug-likeness (QED) is 0.586. The summed E-state index contributed by atoms with van der Waals surface area (Å²) >= 11 is 0. The largest absolute Gasteiger partial charge is 0.307 e. The summed E-state index contributed by atoms with van der Waals surface area (Å²) in [6.07, 6.45) is 0. The number of nitrogens with one attached hydrogen (secondary N) is 1. The lowest BCUT2D eigenvalue weighted by Gasteiger charge is -1.97. The molecule has 0 saturated carbocycles. The van der Waals surface area contributed by atoms with Gasteiger partial charge < -0.3 is 0 Å². The highest BCUT2D eigenvalue weighted by Gasteiger charge is 2.08. The summed E-state index contributed by atoms with van der Waals surface area (Å²) in [5.41, 5.74) is 1.84. The summed E-state index contributed by atoms with van der Waals surface area (Å²) in [5, 5.41) is 6.33. The maximum absolute atomic E-state index is 11.5. The molecule has 3 aromatic rings. The van der Waals surface area contributed by atoms with Crippen LogP contribution in [0.5, 0.6) is 0 Å². The third-order valence-corrected chi connectivity index (χ3v) is 2.41. The molecular formula is C10H8N4O. The lowest BCUT2D eigenvalue weighted by molar-refractivity contribution is 0.866. The van der Waals surface area contributed by atoms with Gasteiger partial charge in [0.1, 0.15) is 5.82 Å². The normalized spacial score (nSPS) is 11.3. The molecule has 0 atom stereocenters. The number of aromatic amines is 1. The molecule has 1 aromatic carbocycles. The van der Waals surface area contributed by atoms with E-state index in [9.17, 15) is 4.79 Å². The van der Waals surface area contributed by atoms with Crippen LogP contribution in [0.4, 0.5) is 0 Å². The number of hydrogen-bond donors (Lipinski definition) is 1. The lowest BCUT2D eigenvalue weighted by atomic mass is 10.3. The topological polar surface area (TPSA) is 63.0 Å². The van der Waals surface area contributed by atoms with Crippen LogP contribution in [0.1, 0.15) is 5.82 Å². The van der Waals surface area contributed by atoms with Crippen molar-refractivity contribution in [3.63, 3.8) is 0 Å². The summed E-state index contributed by atoms with van der Waals surface area (Å²) in [6, 6.07) is 7.60. The number of rotatable bonds is 0. The van der Waals surface area contributed by atoms with Crippen LogP contribution in [-0.2, 0) is 0 Å². The summed E-state index contributed by atoms with van der Waals surface area (Å²) in [5.74, 6) is 0.721. The van der Waals surface area contributed by atoms with E-state index in [0.29, 0.717) is 5.65 Å². The molecule has 15 heavy (non-hydrogen) atoms. The van der Waals surface area contributed by atoms with Crippen LogP contribution in [0.25, 0.3) is 16.7 Å². The standard InChI is InChI=1S/C10H8N4O/c1-6-12-13-10(15)9-11-7-4-2-3-5-8(7)14(6)9/h2-5H,1H3,(H,13,15). The van der Waals surface area contributed by atoms with Crippen LogP contribution < -0.4 is 5.56 Å². The molecule has 2 aromatic heterocycles. The van der Waals surface area contributed by atoms with E-state index in [1.165, 1.54) is 0 Å². The fourth-order valence-corrected chi connectivity index (χ4v) is 1.74. The Hall–Kier alpha value is -2.17. The third kappa shape index (κ3) is 0.999. The zero-order chi connectivity index (χ0) is 10.4. The molecule has 0 bridgehead atoms. The molecule has 0 aliphatic rings. The number of H-pyrrole nitrogens is 1. The van der Waals surface area contributed by atoms with Gasteiger partial charge in [-0.05, 0) is 19.1 Å². The molecule has 2 heterocycles. The van der Waals surface area contributed by atoms with Gasteiger partial charge >= 0.3 is 5.56 Å². The Morgan fingerprint density at radius 2 is 2.13 bits per heavy atom. The predicted octanol–water partition coefficient (Wildman–Crippen LogP) is 0.879. The maximum Gasteiger partial charge on any atom is 0.307 e. The highest BCUT2D eigenvalue weighted by atomic mass is 16.1. The number of imidazole rings is 1. The fourth-order valence-electron chi connectivity index (χ4n) is 1.74. The number of para-hydroxylation sites is 2. The first-order valence-electron chi connectivity index (χ1n) is 4.60.